The maximum absolute atomic E-state index is 12.9. The fraction of sp³-hybridized carbons (Fsp3) is 0.556. The Bertz CT molecular complexity index is 556. The van der Waals surface area contributed by atoms with Gasteiger partial charge in [0.05, 0.1) is 8.67 Å². The average Bonchev–Trinajstić information content (AvgIpc) is 2.49. The van der Waals surface area contributed by atoms with Gasteiger partial charge in [-0.3, -0.25) is 0 Å². The molecule has 1 aromatic rings. The summed E-state index contributed by atoms with van der Waals surface area (Å²) in [6.07, 6.45) is 2.13. The van der Waals surface area contributed by atoms with Gasteiger partial charge in [-0.2, -0.15) is 0 Å². The summed E-state index contributed by atoms with van der Waals surface area (Å²) in [5.74, 6) is 0.850. The minimum Gasteiger partial charge on any atom is -0.493 e. The standard InChI is InChI=1S/C18H26INO2S/c1-14-17(19)11-10-16(22-14)13-20(23(21)18(2,3)4)12-15-8-6-5-7-9-15/h5-9,16-17H,1,10-13H2,2-4H3. The van der Waals surface area contributed by atoms with Crippen LogP contribution in [0.4, 0.5) is 0 Å². The molecule has 0 aliphatic carbocycles. The van der Waals surface area contributed by atoms with E-state index in [1.54, 1.807) is 0 Å². The topological polar surface area (TPSA) is 29.5 Å². The summed E-state index contributed by atoms with van der Waals surface area (Å²) in [6.45, 7) is 11.4. The zero-order chi connectivity index (χ0) is 17.0. The van der Waals surface area contributed by atoms with E-state index >= 15 is 0 Å². The highest BCUT2D eigenvalue weighted by Crippen LogP contribution is 2.29. The second kappa shape index (κ2) is 8.12. The zero-order valence-corrected chi connectivity index (χ0v) is 17.1. The molecular weight excluding hydrogens is 421 g/mol. The van der Waals surface area contributed by atoms with Gasteiger partial charge < -0.3 is 4.74 Å². The van der Waals surface area contributed by atoms with Gasteiger partial charge in [0, 0.05) is 13.1 Å². The lowest BCUT2D eigenvalue weighted by Gasteiger charge is -2.35. The van der Waals surface area contributed by atoms with Crippen molar-refractivity contribution in [2.45, 2.75) is 54.9 Å². The molecule has 1 aliphatic heterocycles. The second-order valence-corrected chi connectivity index (χ2v) is 10.7. The number of alkyl halides is 1. The van der Waals surface area contributed by atoms with Gasteiger partial charge in [0.15, 0.2) is 0 Å². The van der Waals surface area contributed by atoms with Gasteiger partial charge in [0.1, 0.15) is 22.8 Å². The maximum atomic E-state index is 12.9. The van der Waals surface area contributed by atoms with Crippen LogP contribution in [0.2, 0.25) is 0 Å². The molecule has 2 rings (SSSR count). The van der Waals surface area contributed by atoms with Gasteiger partial charge in [-0.25, -0.2) is 8.51 Å². The van der Waals surface area contributed by atoms with Crippen LogP contribution >= 0.6 is 22.6 Å². The van der Waals surface area contributed by atoms with E-state index in [4.69, 9.17) is 4.74 Å². The molecule has 1 fully saturated rings. The molecule has 0 spiro atoms. The first-order chi connectivity index (χ1) is 10.8. The van der Waals surface area contributed by atoms with Crippen molar-refractivity contribution in [2.75, 3.05) is 6.54 Å². The Morgan fingerprint density at radius 2 is 1.96 bits per heavy atom. The molecule has 0 radical (unpaired) electrons. The van der Waals surface area contributed by atoms with Crippen LogP contribution in [0.1, 0.15) is 39.2 Å². The molecule has 3 nitrogen and oxygen atoms in total. The molecule has 1 heterocycles. The largest absolute Gasteiger partial charge is 0.493 e. The summed E-state index contributed by atoms with van der Waals surface area (Å²) < 4.78 is 21.0. The Labute approximate surface area is 156 Å². The molecule has 0 amide bonds. The molecule has 5 heteroatoms. The predicted molar refractivity (Wildman–Crippen MR) is 106 cm³/mol. The lowest BCUT2D eigenvalue weighted by atomic mass is 10.1. The van der Waals surface area contributed by atoms with Crippen molar-refractivity contribution >= 4 is 33.6 Å². The lowest BCUT2D eigenvalue weighted by Crippen LogP contribution is -2.43. The minimum atomic E-state index is -1.08. The third-order valence-corrected chi connectivity index (χ3v) is 6.89. The van der Waals surface area contributed by atoms with Gasteiger partial charge in [-0.05, 0) is 39.2 Å². The van der Waals surface area contributed by atoms with Crippen molar-refractivity contribution in [1.82, 2.24) is 4.31 Å². The van der Waals surface area contributed by atoms with E-state index < -0.39 is 11.0 Å². The number of benzene rings is 1. The minimum absolute atomic E-state index is 0.0727. The van der Waals surface area contributed by atoms with Gasteiger partial charge in [-0.15, -0.1) is 0 Å². The third kappa shape index (κ3) is 5.57. The van der Waals surface area contributed by atoms with Crippen LogP contribution in [0.15, 0.2) is 42.7 Å². The third-order valence-electron chi connectivity index (χ3n) is 3.78. The van der Waals surface area contributed by atoms with Crippen LogP contribution in [0.5, 0.6) is 0 Å². The molecular formula is C18H26INO2S. The predicted octanol–water partition coefficient (Wildman–Crippen LogP) is 4.45. The van der Waals surface area contributed by atoms with E-state index in [9.17, 15) is 4.21 Å². The van der Waals surface area contributed by atoms with E-state index in [0.717, 1.165) is 18.6 Å². The van der Waals surface area contributed by atoms with Crippen molar-refractivity contribution in [2.24, 2.45) is 0 Å². The van der Waals surface area contributed by atoms with E-state index in [1.165, 1.54) is 5.56 Å². The Hall–Kier alpha value is -0.400. The van der Waals surface area contributed by atoms with E-state index in [-0.39, 0.29) is 10.9 Å². The fourth-order valence-electron chi connectivity index (χ4n) is 2.56. The van der Waals surface area contributed by atoms with E-state index in [1.807, 2.05) is 43.3 Å². The van der Waals surface area contributed by atoms with E-state index in [2.05, 4.69) is 41.3 Å². The summed E-state index contributed by atoms with van der Waals surface area (Å²) in [7, 11) is -1.08. The molecule has 3 atom stereocenters. The van der Waals surface area contributed by atoms with E-state index in [0.29, 0.717) is 17.0 Å². The Balaban J connectivity index is 2.10. The summed E-state index contributed by atoms with van der Waals surface area (Å²) in [4.78, 5) is 0. The Morgan fingerprint density at radius 1 is 1.30 bits per heavy atom. The van der Waals surface area contributed by atoms with Gasteiger partial charge in [0.2, 0.25) is 0 Å². The maximum Gasteiger partial charge on any atom is 0.112 e. The van der Waals surface area contributed by atoms with Crippen molar-refractivity contribution in [1.29, 1.82) is 0 Å². The number of hydrogen-bond donors (Lipinski definition) is 0. The van der Waals surface area contributed by atoms with Crippen LogP contribution in [0, 0.1) is 0 Å². The Morgan fingerprint density at radius 3 is 2.52 bits per heavy atom. The molecule has 0 aromatic heterocycles. The van der Waals surface area contributed by atoms with Crippen LogP contribution in [0.25, 0.3) is 0 Å². The molecule has 3 unspecified atom stereocenters. The second-order valence-electron chi connectivity index (χ2n) is 6.92. The highest BCUT2D eigenvalue weighted by atomic mass is 127. The Kier molecular flexibility index (Phi) is 6.68. The fourth-order valence-corrected chi connectivity index (χ4v) is 4.41. The smallest absolute Gasteiger partial charge is 0.112 e. The molecule has 1 aromatic carbocycles. The number of halogens is 1. The van der Waals surface area contributed by atoms with Crippen LogP contribution in [0.3, 0.4) is 0 Å². The first kappa shape index (κ1) is 18.9. The zero-order valence-electron chi connectivity index (χ0n) is 14.1. The van der Waals surface area contributed by atoms with Crippen LogP contribution in [-0.4, -0.2) is 29.8 Å². The number of ether oxygens (including phenoxy) is 1. The number of allylic oxidation sites excluding steroid dienone is 1. The summed E-state index contributed by atoms with van der Waals surface area (Å²) in [6, 6.07) is 10.2. The summed E-state index contributed by atoms with van der Waals surface area (Å²) in [5, 5.41) is 0. The normalized spacial score (nSPS) is 23.6. The van der Waals surface area contributed by atoms with Crippen molar-refractivity contribution in [3.8, 4) is 0 Å². The highest BCUT2D eigenvalue weighted by molar-refractivity contribution is 14.1. The molecule has 1 aliphatic rings. The molecule has 1 saturated heterocycles. The number of hydrogen-bond acceptors (Lipinski definition) is 2. The van der Waals surface area contributed by atoms with Crippen LogP contribution < -0.4 is 0 Å². The van der Waals surface area contributed by atoms with Crippen molar-refractivity contribution in [3.63, 3.8) is 0 Å². The molecule has 23 heavy (non-hydrogen) atoms. The highest BCUT2D eigenvalue weighted by Gasteiger charge is 2.31. The lowest BCUT2D eigenvalue weighted by molar-refractivity contribution is 0.0640. The van der Waals surface area contributed by atoms with Crippen molar-refractivity contribution in [3.05, 3.63) is 48.2 Å². The summed E-state index contributed by atoms with van der Waals surface area (Å²) in [5.41, 5.74) is 1.17. The first-order valence-corrected chi connectivity index (χ1v) is 10.3. The molecule has 0 N–H and O–H groups in total. The van der Waals surface area contributed by atoms with Gasteiger partial charge in [-0.1, -0.05) is 59.5 Å². The first-order valence-electron chi connectivity index (χ1n) is 7.98. The molecule has 128 valence electrons. The average molecular weight is 447 g/mol. The monoisotopic (exact) mass is 447 g/mol. The van der Waals surface area contributed by atoms with Gasteiger partial charge in [0.25, 0.3) is 0 Å². The summed E-state index contributed by atoms with van der Waals surface area (Å²) >= 11 is 2.37. The van der Waals surface area contributed by atoms with Crippen LogP contribution in [-0.2, 0) is 22.3 Å². The number of nitrogens with zero attached hydrogens (tertiary/aromatic N) is 1. The molecule has 0 bridgehead atoms. The SMILES string of the molecule is C=C1OC(CN(Cc2ccccc2)S(=O)C(C)(C)C)CCC1I. The quantitative estimate of drug-likeness (QED) is 0.493. The van der Waals surface area contributed by atoms with Gasteiger partial charge >= 0.3 is 0 Å². The van der Waals surface area contributed by atoms with Crippen molar-refractivity contribution < 1.29 is 8.95 Å². The molecule has 0 saturated carbocycles. The number of rotatable bonds is 5.